The maximum Gasteiger partial charge on any atom is 0.0542 e. The highest BCUT2D eigenvalue weighted by Crippen LogP contribution is 2.42. The zero-order valence-electron chi connectivity index (χ0n) is 38.6. The van der Waals surface area contributed by atoms with Crippen molar-refractivity contribution in [1.82, 2.24) is 9.13 Å². The Hall–Kier alpha value is -9.12. The number of aromatic nitrogens is 2. The van der Waals surface area contributed by atoms with Crippen molar-refractivity contribution in [2.24, 2.45) is 0 Å². The van der Waals surface area contributed by atoms with Gasteiger partial charge in [-0.3, -0.25) is 0 Å². The summed E-state index contributed by atoms with van der Waals surface area (Å²) in [6.07, 6.45) is 1.89. The van der Waals surface area contributed by atoms with E-state index in [0.717, 1.165) is 62.2 Å². The molecule has 0 radical (unpaired) electrons. The molecule has 0 fully saturated rings. The van der Waals surface area contributed by atoms with Crippen molar-refractivity contribution >= 4 is 83.8 Å². The van der Waals surface area contributed by atoms with E-state index in [0.29, 0.717) is 0 Å². The van der Waals surface area contributed by atoms with E-state index in [2.05, 4.69) is 288 Å². The van der Waals surface area contributed by atoms with Crippen LogP contribution in [0.15, 0.2) is 262 Å². The Morgan fingerprint density at radius 1 is 0.333 bits per heavy atom. The molecular formula is C65H50N4. The van der Waals surface area contributed by atoms with E-state index in [4.69, 9.17) is 0 Å². The average Bonchev–Trinajstić information content (AvgIpc) is 3.93. The fraction of sp³-hybridized carbons (Fsp3) is 0.0154. The molecule has 12 rings (SSSR count). The largest absolute Gasteiger partial charge is 0.310 e. The van der Waals surface area contributed by atoms with Crippen molar-refractivity contribution in [1.29, 1.82) is 0 Å². The minimum atomic E-state index is 1.09. The van der Waals surface area contributed by atoms with Gasteiger partial charge in [-0.2, -0.15) is 0 Å². The minimum Gasteiger partial charge on any atom is -0.310 e. The van der Waals surface area contributed by atoms with Crippen LogP contribution in [0.1, 0.15) is 11.1 Å². The first-order chi connectivity index (χ1) is 34.1. The second kappa shape index (κ2) is 18.3. The van der Waals surface area contributed by atoms with Crippen LogP contribution < -0.4 is 9.80 Å². The lowest BCUT2D eigenvalue weighted by Gasteiger charge is -2.26. The van der Waals surface area contributed by atoms with Gasteiger partial charge >= 0.3 is 0 Å². The fourth-order valence-corrected chi connectivity index (χ4v) is 9.86. The van der Waals surface area contributed by atoms with Gasteiger partial charge in [-0.05, 0) is 145 Å². The molecule has 0 saturated carbocycles. The quantitative estimate of drug-likeness (QED) is 0.127. The molecule has 0 amide bonds. The summed E-state index contributed by atoms with van der Waals surface area (Å²) in [5.74, 6) is 0. The molecule has 0 atom stereocenters. The van der Waals surface area contributed by atoms with Gasteiger partial charge in [0.05, 0.1) is 22.1 Å². The first-order valence-electron chi connectivity index (χ1n) is 23.4. The highest BCUT2D eigenvalue weighted by molar-refractivity contribution is 6.12. The lowest BCUT2D eigenvalue weighted by molar-refractivity contribution is 1.17. The minimum absolute atomic E-state index is 1.09. The zero-order valence-corrected chi connectivity index (χ0v) is 38.6. The van der Waals surface area contributed by atoms with Crippen molar-refractivity contribution in [3.63, 3.8) is 0 Å². The summed E-state index contributed by atoms with van der Waals surface area (Å²) in [5, 5.41) is 4.88. The molecule has 2 aromatic heterocycles. The van der Waals surface area contributed by atoms with Gasteiger partial charge in [0.25, 0.3) is 0 Å². The summed E-state index contributed by atoms with van der Waals surface area (Å²) < 4.78 is 4.74. The molecule has 0 aliphatic rings. The van der Waals surface area contributed by atoms with Crippen LogP contribution in [0.5, 0.6) is 0 Å². The summed E-state index contributed by atoms with van der Waals surface area (Å²) in [6, 6.07) is 87.8. The Morgan fingerprint density at radius 3 is 1.10 bits per heavy atom. The maximum absolute atomic E-state index is 3.96. The van der Waals surface area contributed by atoms with Crippen molar-refractivity contribution < 1.29 is 0 Å². The van der Waals surface area contributed by atoms with E-state index >= 15 is 0 Å². The number of rotatable bonds is 10. The molecule has 2 heterocycles. The molecule has 4 heteroatoms. The Balaban J connectivity index is 0.00000257. The molecule has 330 valence electrons. The monoisotopic (exact) mass is 886 g/mol. The molecule has 10 aromatic carbocycles. The lowest BCUT2D eigenvalue weighted by atomic mass is 10.0. The number of fused-ring (bicyclic) bond motifs is 6. The number of nitrogens with zero attached hydrogens (tertiary/aromatic N) is 4. The lowest BCUT2D eigenvalue weighted by Crippen LogP contribution is -2.10. The topological polar surface area (TPSA) is 16.3 Å². The third-order valence-corrected chi connectivity index (χ3v) is 13.1. The summed E-state index contributed by atoms with van der Waals surface area (Å²) >= 11 is 0. The van der Waals surface area contributed by atoms with Crippen molar-refractivity contribution in [3.8, 4) is 22.5 Å². The second-order valence-electron chi connectivity index (χ2n) is 17.2. The number of hydrogen-bond donors (Lipinski definition) is 0. The van der Waals surface area contributed by atoms with Gasteiger partial charge in [-0.25, -0.2) is 0 Å². The number of hydrogen-bond acceptors (Lipinski definition) is 2. The van der Waals surface area contributed by atoms with Crippen LogP contribution in [-0.2, 0) is 0 Å². The Kier molecular flexibility index (Phi) is 11.3. The molecule has 0 unspecified atom stereocenters. The van der Waals surface area contributed by atoms with E-state index in [1.165, 1.54) is 49.2 Å². The maximum atomic E-state index is 3.96. The summed E-state index contributed by atoms with van der Waals surface area (Å²) in [6.45, 7) is 12.1. The van der Waals surface area contributed by atoms with Crippen LogP contribution >= 0.6 is 0 Å². The molecule has 0 spiro atoms. The summed E-state index contributed by atoms with van der Waals surface area (Å²) in [5.41, 5.74) is 18.3. The molecule has 0 N–H and O–H groups in total. The van der Waals surface area contributed by atoms with Gasteiger partial charge in [0.2, 0.25) is 0 Å². The molecule has 0 aliphatic carbocycles. The molecule has 0 bridgehead atoms. The Bertz CT molecular complexity index is 3750. The van der Waals surface area contributed by atoms with Crippen LogP contribution in [0.25, 0.3) is 72.2 Å². The van der Waals surface area contributed by atoms with Crippen LogP contribution in [-0.4, -0.2) is 9.13 Å². The van der Waals surface area contributed by atoms with Crippen molar-refractivity contribution in [2.75, 3.05) is 9.80 Å². The number of anilines is 6. The van der Waals surface area contributed by atoms with E-state index < -0.39 is 0 Å². The first-order valence-corrected chi connectivity index (χ1v) is 23.4. The molecule has 69 heavy (non-hydrogen) atoms. The third-order valence-electron chi connectivity index (χ3n) is 13.1. The van der Waals surface area contributed by atoms with Crippen molar-refractivity contribution in [3.05, 3.63) is 274 Å². The molecule has 0 saturated heterocycles. The van der Waals surface area contributed by atoms with Crippen LogP contribution in [0.3, 0.4) is 0 Å². The highest BCUT2D eigenvalue weighted by atomic mass is 15.1. The van der Waals surface area contributed by atoms with Crippen LogP contribution in [0, 0.1) is 6.92 Å². The zero-order chi connectivity index (χ0) is 46.8. The van der Waals surface area contributed by atoms with Gasteiger partial charge < -0.3 is 18.9 Å². The van der Waals surface area contributed by atoms with Gasteiger partial charge in [0.15, 0.2) is 0 Å². The normalized spacial score (nSPS) is 11.1. The van der Waals surface area contributed by atoms with E-state index in [-0.39, 0.29) is 0 Å². The van der Waals surface area contributed by atoms with Crippen LogP contribution in [0.2, 0.25) is 0 Å². The van der Waals surface area contributed by atoms with Gasteiger partial charge in [-0.1, -0.05) is 140 Å². The molecule has 4 nitrogen and oxygen atoms in total. The molecular weight excluding hydrogens is 837 g/mol. The summed E-state index contributed by atoms with van der Waals surface area (Å²) in [4.78, 5) is 4.71. The van der Waals surface area contributed by atoms with Gasteiger partial charge in [-0.15, -0.1) is 13.2 Å². The van der Waals surface area contributed by atoms with E-state index in [9.17, 15) is 0 Å². The third kappa shape index (κ3) is 7.74. The first kappa shape index (κ1) is 42.5. The van der Waals surface area contributed by atoms with E-state index in [1.54, 1.807) is 0 Å². The predicted octanol–water partition coefficient (Wildman–Crippen LogP) is 18.2. The Morgan fingerprint density at radius 2 is 0.681 bits per heavy atom. The second-order valence-corrected chi connectivity index (χ2v) is 17.2. The number of para-hydroxylation sites is 4. The molecule has 12 aromatic rings. The fourth-order valence-electron chi connectivity index (χ4n) is 9.86. The number of benzene rings is 10. The standard InChI is InChI=1S/C63H46N4.C2H4/c1-3-45-24-32-53(33-25-45)67-61-21-13-11-19-57(61)59-43-55(39-41-63(59)67)65(49-16-8-5-9-17-49)51-36-28-47(29-37-51)46-26-34-50(35-27-46)64(48-14-6-4-7-15-48)54-38-40-62-58(42-54)56-18-10-12-20-60(56)66(62)52-30-22-44(2)23-31-52;1-2/h3-43H,1H2,2H3;1-2H2. The van der Waals surface area contributed by atoms with Crippen molar-refractivity contribution in [2.45, 2.75) is 6.92 Å². The Labute approximate surface area is 403 Å². The van der Waals surface area contributed by atoms with Gasteiger partial charge in [0.1, 0.15) is 0 Å². The SMILES string of the molecule is C=C.C=Cc1ccc(-n2c3ccccc3c3cc(N(c4ccccc4)c4ccc(-c5ccc(N(c6ccccc6)c6ccc7c(c6)c6ccccc6n7-c6ccc(C)cc6)cc5)cc4)ccc32)cc1. The smallest absolute Gasteiger partial charge is 0.0542 e. The summed E-state index contributed by atoms with van der Waals surface area (Å²) in [7, 11) is 0. The number of aryl methyl sites for hydroxylation is 1. The van der Waals surface area contributed by atoms with Crippen LogP contribution in [0.4, 0.5) is 34.1 Å². The highest BCUT2D eigenvalue weighted by Gasteiger charge is 2.20. The average molecular weight is 887 g/mol. The molecule has 0 aliphatic heterocycles. The van der Waals surface area contributed by atoms with Gasteiger partial charge in [0, 0.05) is 67.0 Å². The predicted molar refractivity (Wildman–Crippen MR) is 296 cm³/mol. The van der Waals surface area contributed by atoms with E-state index in [1.807, 2.05) is 6.08 Å².